The van der Waals surface area contributed by atoms with Gasteiger partial charge >= 0.3 is 5.97 Å². The van der Waals surface area contributed by atoms with Crippen LogP contribution in [-0.2, 0) is 11.3 Å². The van der Waals surface area contributed by atoms with Gasteiger partial charge in [0.2, 0.25) is 0 Å². The van der Waals surface area contributed by atoms with E-state index in [1.165, 1.54) is 66.4 Å². The third kappa shape index (κ3) is 5.77. The van der Waals surface area contributed by atoms with Crippen LogP contribution < -0.4 is 4.90 Å². The maximum absolute atomic E-state index is 11.9. The molecule has 1 aliphatic carbocycles. The van der Waals surface area contributed by atoms with E-state index in [1.54, 1.807) is 6.07 Å². The quantitative estimate of drug-likeness (QED) is 0.329. The minimum atomic E-state index is -0.858. The molecule has 40 heavy (non-hydrogen) atoms. The van der Waals surface area contributed by atoms with Gasteiger partial charge in [-0.25, -0.2) is 4.79 Å². The molecule has 0 spiro atoms. The van der Waals surface area contributed by atoms with Crippen molar-refractivity contribution in [3.05, 3.63) is 53.6 Å². The lowest BCUT2D eigenvalue weighted by atomic mass is 9.81. The van der Waals surface area contributed by atoms with Gasteiger partial charge in [-0.3, -0.25) is 4.90 Å². The number of halogens is 1. The van der Waals surface area contributed by atoms with Crippen molar-refractivity contribution in [1.29, 1.82) is 0 Å². The van der Waals surface area contributed by atoms with Crippen molar-refractivity contribution in [3.8, 4) is 11.3 Å². The summed E-state index contributed by atoms with van der Waals surface area (Å²) in [6, 6.07) is 14.7. The monoisotopic (exact) mass is 565 g/mol. The fourth-order valence-corrected chi connectivity index (χ4v) is 7.33. The smallest absolute Gasteiger partial charge is 0.335 e. The topological polar surface area (TPSA) is 57.9 Å². The van der Waals surface area contributed by atoms with Crippen LogP contribution in [0.2, 0.25) is 0 Å². The van der Waals surface area contributed by atoms with E-state index in [-0.39, 0.29) is 18.5 Å². The van der Waals surface area contributed by atoms with Crippen molar-refractivity contribution >= 4 is 35.0 Å². The fourth-order valence-electron chi connectivity index (χ4n) is 7.33. The molecule has 1 unspecified atom stereocenters. The molecule has 6 nitrogen and oxygen atoms in total. The highest BCUT2D eigenvalue weighted by Gasteiger charge is 2.31. The van der Waals surface area contributed by atoms with Crippen LogP contribution in [0.25, 0.3) is 22.2 Å². The SMILES string of the molecule is CC(C)OC1CCCN(CCN2CCn3c(c(C4CCCCC4)c4ccc(C(=O)O)cc43)-c3ccccc32)C1.Cl. The Morgan fingerprint density at radius 3 is 2.55 bits per heavy atom. The molecular weight excluding hydrogens is 522 g/mol. The summed E-state index contributed by atoms with van der Waals surface area (Å²) in [7, 11) is 0. The number of likely N-dealkylation sites (tertiary alicyclic amines) is 1. The van der Waals surface area contributed by atoms with Crippen molar-refractivity contribution in [3.63, 3.8) is 0 Å². The Balaban J connectivity index is 0.00000323. The minimum absolute atomic E-state index is 0. The second-order valence-electron chi connectivity index (χ2n) is 12.0. The lowest BCUT2D eigenvalue weighted by Gasteiger charge is -2.35. The zero-order valence-electron chi connectivity index (χ0n) is 24.0. The van der Waals surface area contributed by atoms with Gasteiger partial charge in [-0.15, -0.1) is 12.4 Å². The summed E-state index contributed by atoms with van der Waals surface area (Å²) in [5, 5.41) is 11.0. The van der Waals surface area contributed by atoms with E-state index in [4.69, 9.17) is 4.74 Å². The van der Waals surface area contributed by atoms with E-state index in [0.29, 0.717) is 17.6 Å². The molecule has 1 N–H and O–H groups in total. The van der Waals surface area contributed by atoms with Crippen molar-refractivity contribution in [1.82, 2.24) is 9.47 Å². The van der Waals surface area contributed by atoms with E-state index >= 15 is 0 Å². The van der Waals surface area contributed by atoms with Gasteiger partial charge in [0.15, 0.2) is 0 Å². The number of benzene rings is 2. The van der Waals surface area contributed by atoms with Gasteiger partial charge in [0, 0.05) is 54.9 Å². The number of piperidine rings is 1. The molecule has 3 aliphatic rings. The van der Waals surface area contributed by atoms with Gasteiger partial charge in [0.05, 0.1) is 23.5 Å². The molecule has 6 rings (SSSR count). The summed E-state index contributed by atoms with van der Waals surface area (Å²) >= 11 is 0. The first-order valence-electron chi connectivity index (χ1n) is 15.1. The van der Waals surface area contributed by atoms with Crippen LogP contribution in [0.5, 0.6) is 0 Å². The Labute approximate surface area is 244 Å². The van der Waals surface area contributed by atoms with Gasteiger partial charge in [-0.1, -0.05) is 43.5 Å². The zero-order chi connectivity index (χ0) is 26.9. The molecule has 2 aliphatic heterocycles. The number of carboxylic acid groups (broad SMARTS) is 1. The number of aromatic nitrogens is 1. The van der Waals surface area contributed by atoms with Gasteiger partial charge in [0.25, 0.3) is 0 Å². The minimum Gasteiger partial charge on any atom is -0.478 e. The number of hydrogen-bond acceptors (Lipinski definition) is 4. The second kappa shape index (κ2) is 12.5. The molecule has 1 atom stereocenters. The first kappa shape index (κ1) is 29.0. The Morgan fingerprint density at radius 1 is 0.975 bits per heavy atom. The number of ether oxygens (including phenoxy) is 1. The predicted molar refractivity (Wildman–Crippen MR) is 165 cm³/mol. The highest BCUT2D eigenvalue weighted by molar-refractivity contribution is 5.99. The number of hydrogen-bond donors (Lipinski definition) is 1. The van der Waals surface area contributed by atoms with Crippen LogP contribution in [0.3, 0.4) is 0 Å². The molecule has 7 heteroatoms. The van der Waals surface area contributed by atoms with Crippen LogP contribution in [0.1, 0.15) is 80.6 Å². The maximum Gasteiger partial charge on any atom is 0.335 e. The third-order valence-corrected chi connectivity index (χ3v) is 9.07. The molecule has 216 valence electrons. The van der Waals surface area contributed by atoms with E-state index < -0.39 is 5.97 Å². The molecular formula is C33H44ClN3O3. The van der Waals surface area contributed by atoms with Crippen molar-refractivity contribution < 1.29 is 14.6 Å². The summed E-state index contributed by atoms with van der Waals surface area (Å²) in [5.74, 6) is -0.331. The van der Waals surface area contributed by atoms with Crippen LogP contribution in [0.15, 0.2) is 42.5 Å². The lowest BCUT2D eigenvalue weighted by molar-refractivity contribution is -0.0324. The maximum atomic E-state index is 11.9. The number of nitrogens with zero attached hydrogens (tertiary/aromatic N) is 3. The molecule has 0 bridgehead atoms. The number of carbonyl (C=O) groups is 1. The van der Waals surface area contributed by atoms with Crippen LogP contribution in [0, 0.1) is 0 Å². The second-order valence-corrected chi connectivity index (χ2v) is 12.0. The number of carboxylic acids is 1. The first-order valence-corrected chi connectivity index (χ1v) is 15.1. The lowest BCUT2D eigenvalue weighted by Crippen LogP contribution is -2.44. The summed E-state index contributed by atoms with van der Waals surface area (Å²) in [6.45, 7) is 10.2. The fraction of sp³-hybridized carbons (Fsp3) is 0.545. The predicted octanol–water partition coefficient (Wildman–Crippen LogP) is 7.19. The number of anilines is 1. The average Bonchev–Trinajstić information content (AvgIpc) is 3.17. The molecule has 0 amide bonds. The van der Waals surface area contributed by atoms with Crippen molar-refractivity contribution in [2.75, 3.05) is 37.6 Å². The molecule has 3 heterocycles. The number of para-hydroxylation sites is 1. The Bertz CT molecular complexity index is 1330. The normalized spacial score (nSPS) is 20.2. The van der Waals surface area contributed by atoms with E-state index in [2.05, 4.69) is 58.5 Å². The molecule has 1 saturated carbocycles. The third-order valence-electron chi connectivity index (χ3n) is 9.07. The Morgan fingerprint density at radius 2 is 1.77 bits per heavy atom. The van der Waals surface area contributed by atoms with Gasteiger partial charge in [-0.05, 0) is 75.8 Å². The molecule has 2 fully saturated rings. The molecule has 0 radical (unpaired) electrons. The van der Waals surface area contributed by atoms with Crippen LogP contribution >= 0.6 is 12.4 Å². The molecule has 2 aromatic carbocycles. The summed E-state index contributed by atoms with van der Waals surface area (Å²) < 4.78 is 8.60. The van der Waals surface area contributed by atoms with E-state index in [9.17, 15) is 9.90 Å². The molecule has 1 saturated heterocycles. The van der Waals surface area contributed by atoms with Crippen molar-refractivity contribution in [2.45, 2.75) is 83.5 Å². The number of rotatable bonds is 7. The standard InChI is InChI=1S/C33H43N3O3.ClH/c1-23(2)39-26-11-8-16-34(22-26)17-18-35-19-20-36-30-21-25(33(37)38)14-15-27(30)31(24-9-4-3-5-10-24)32(36)28-12-6-7-13-29(28)35;/h6-7,12-15,21,23-24,26H,3-5,8-11,16-20,22H2,1-2H3,(H,37,38);1H. The number of aromatic carboxylic acids is 1. The Kier molecular flexibility index (Phi) is 9.08. The summed E-state index contributed by atoms with van der Waals surface area (Å²) in [4.78, 5) is 17.1. The van der Waals surface area contributed by atoms with Gasteiger partial charge < -0.3 is 19.3 Å². The van der Waals surface area contributed by atoms with Crippen molar-refractivity contribution in [2.24, 2.45) is 0 Å². The summed E-state index contributed by atoms with van der Waals surface area (Å²) in [6.07, 6.45) is 9.26. The Hall–Kier alpha value is -2.54. The van der Waals surface area contributed by atoms with Gasteiger partial charge in [-0.2, -0.15) is 0 Å². The highest BCUT2D eigenvalue weighted by atomic mass is 35.5. The molecule has 3 aromatic rings. The average molecular weight is 566 g/mol. The first-order chi connectivity index (χ1) is 19.0. The summed E-state index contributed by atoms with van der Waals surface area (Å²) in [5.41, 5.74) is 6.81. The van der Waals surface area contributed by atoms with E-state index in [0.717, 1.165) is 51.2 Å². The van der Waals surface area contributed by atoms with Crippen LogP contribution in [0.4, 0.5) is 5.69 Å². The molecule has 1 aromatic heterocycles. The highest BCUT2D eigenvalue weighted by Crippen LogP contribution is 2.47. The largest absolute Gasteiger partial charge is 0.478 e. The van der Waals surface area contributed by atoms with E-state index in [1.807, 2.05) is 6.07 Å². The number of fused-ring (bicyclic) bond motifs is 5. The van der Waals surface area contributed by atoms with Gasteiger partial charge in [0.1, 0.15) is 0 Å². The van der Waals surface area contributed by atoms with Crippen LogP contribution in [-0.4, -0.2) is 65.5 Å². The zero-order valence-corrected chi connectivity index (χ0v) is 24.8.